The van der Waals surface area contributed by atoms with Crippen molar-refractivity contribution in [2.24, 2.45) is 17.3 Å². The molecule has 0 aliphatic carbocycles. The van der Waals surface area contributed by atoms with Crippen molar-refractivity contribution in [2.45, 2.75) is 60.2 Å². The summed E-state index contributed by atoms with van der Waals surface area (Å²) in [4.78, 5) is 14.7. The van der Waals surface area contributed by atoms with Crippen LogP contribution in [0, 0.1) is 17.3 Å². The minimum Gasteiger partial charge on any atom is -0.385 e. The SMILES string of the molecule is COCCC(C)(C)CN1C(=O)C(C(C)C)NC1C(C)C. The largest absolute Gasteiger partial charge is 0.385 e. The van der Waals surface area contributed by atoms with Gasteiger partial charge >= 0.3 is 0 Å². The lowest BCUT2D eigenvalue weighted by molar-refractivity contribution is -0.132. The Bertz CT molecular complexity index is 326. The van der Waals surface area contributed by atoms with E-state index in [1.165, 1.54) is 0 Å². The third kappa shape index (κ3) is 4.19. The summed E-state index contributed by atoms with van der Waals surface area (Å²) in [5.74, 6) is 1.00. The van der Waals surface area contributed by atoms with Gasteiger partial charge < -0.3 is 9.64 Å². The van der Waals surface area contributed by atoms with Crippen LogP contribution in [0.4, 0.5) is 0 Å². The van der Waals surface area contributed by atoms with Gasteiger partial charge in [-0.25, -0.2) is 0 Å². The standard InChI is InChI=1S/C16H32N2O2/c1-11(2)13-15(19)18(14(17-13)12(3)4)10-16(5,6)8-9-20-7/h11-14,17H,8-10H2,1-7H3. The van der Waals surface area contributed by atoms with Crippen LogP contribution in [-0.2, 0) is 9.53 Å². The van der Waals surface area contributed by atoms with Crippen LogP contribution in [0.5, 0.6) is 0 Å². The van der Waals surface area contributed by atoms with Crippen LogP contribution in [-0.4, -0.2) is 43.3 Å². The predicted molar refractivity (Wildman–Crippen MR) is 82.4 cm³/mol. The molecule has 1 saturated heterocycles. The molecule has 1 fully saturated rings. The summed E-state index contributed by atoms with van der Waals surface area (Å²) in [6, 6.07) is -0.0411. The zero-order valence-corrected chi connectivity index (χ0v) is 14.2. The molecule has 0 bridgehead atoms. The fourth-order valence-electron chi connectivity index (χ4n) is 2.79. The molecule has 0 aromatic carbocycles. The smallest absolute Gasteiger partial charge is 0.241 e. The first-order chi connectivity index (χ1) is 9.19. The molecule has 0 saturated carbocycles. The van der Waals surface area contributed by atoms with Crippen molar-refractivity contribution in [2.75, 3.05) is 20.3 Å². The molecule has 0 aromatic heterocycles. The van der Waals surface area contributed by atoms with Crippen molar-refractivity contribution in [3.63, 3.8) is 0 Å². The van der Waals surface area contributed by atoms with E-state index in [1.54, 1.807) is 7.11 Å². The topological polar surface area (TPSA) is 41.6 Å². The van der Waals surface area contributed by atoms with Crippen LogP contribution in [0.15, 0.2) is 0 Å². The van der Waals surface area contributed by atoms with Crippen molar-refractivity contribution in [1.82, 2.24) is 10.2 Å². The van der Waals surface area contributed by atoms with E-state index in [-0.39, 0.29) is 23.5 Å². The van der Waals surface area contributed by atoms with Crippen molar-refractivity contribution in [1.29, 1.82) is 0 Å². The molecule has 0 aromatic rings. The van der Waals surface area contributed by atoms with Crippen molar-refractivity contribution < 1.29 is 9.53 Å². The predicted octanol–water partition coefficient (Wildman–Crippen LogP) is 2.49. The molecule has 4 nitrogen and oxygen atoms in total. The van der Waals surface area contributed by atoms with Crippen LogP contribution in [0.25, 0.3) is 0 Å². The number of hydrogen-bond donors (Lipinski definition) is 1. The van der Waals surface area contributed by atoms with Crippen LogP contribution >= 0.6 is 0 Å². The monoisotopic (exact) mass is 284 g/mol. The molecule has 0 radical (unpaired) electrons. The quantitative estimate of drug-likeness (QED) is 0.781. The molecule has 2 atom stereocenters. The Labute approximate surface area is 124 Å². The van der Waals surface area contributed by atoms with Crippen molar-refractivity contribution in [3.05, 3.63) is 0 Å². The average molecular weight is 284 g/mol. The molecule has 1 N–H and O–H groups in total. The van der Waals surface area contributed by atoms with Gasteiger partial charge in [-0.15, -0.1) is 0 Å². The lowest BCUT2D eigenvalue weighted by atomic mass is 9.88. The van der Waals surface area contributed by atoms with E-state index in [1.807, 2.05) is 4.90 Å². The molecule has 4 heteroatoms. The van der Waals surface area contributed by atoms with E-state index >= 15 is 0 Å². The first-order valence-corrected chi connectivity index (χ1v) is 7.75. The summed E-state index contributed by atoms with van der Waals surface area (Å²) >= 11 is 0. The number of amides is 1. The van der Waals surface area contributed by atoms with Crippen molar-refractivity contribution >= 4 is 5.91 Å². The summed E-state index contributed by atoms with van der Waals surface area (Å²) < 4.78 is 5.18. The Kier molecular flexibility index (Phi) is 6.02. The molecular weight excluding hydrogens is 252 g/mol. The van der Waals surface area contributed by atoms with Gasteiger partial charge in [-0.3, -0.25) is 10.1 Å². The van der Waals surface area contributed by atoms with Gasteiger partial charge in [0, 0.05) is 20.3 Å². The highest BCUT2D eigenvalue weighted by atomic mass is 16.5. The van der Waals surface area contributed by atoms with Gasteiger partial charge in [0.2, 0.25) is 5.91 Å². The normalized spacial score (nSPS) is 24.2. The second-order valence-corrected chi connectivity index (χ2v) is 7.45. The maximum Gasteiger partial charge on any atom is 0.241 e. The Morgan fingerprint density at radius 2 is 1.85 bits per heavy atom. The highest BCUT2D eigenvalue weighted by Gasteiger charge is 2.43. The summed E-state index contributed by atoms with van der Waals surface area (Å²) in [5, 5.41) is 3.51. The number of hydrogen-bond acceptors (Lipinski definition) is 3. The van der Waals surface area contributed by atoms with Gasteiger partial charge in [-0.2, -0.15) is 0 Å². The first-order valence-electron chi connectivity index (χ1n) is 7.75. The minimum atomic E-state index is -0.0411. The Hall–Kier alpha value is -0.610. The van der Waals surface area contributed by atoms with Crippen LogP contribution in [0.1, 0.15) is 48.0 Å². The molecule has 118 valence electrons. The maximum absolute atomic E-state index is 12.6. The second-order valence-electron chi connectivity index (χ2n) is 7.45. The maximum atomic E-state index is 12.6. The lowest BCUT2D eigenvalue weighted by Gasteiger charge is -2.35. The van der Waals surface area contributed by atoms with E-state index in [0.29, 0.717) is 11.8 Å². The highest BCUT2D eigenvalue weighted by Crippen LogP contribution is 2.28. The number of nitrogens with zero attached hydrogens (tertiary/aromatic N) is 1. The number of methoxy groups -OCH3 is 1. The Morgan fingerprint density at radius 3 is 2.30 bits per heavy atom. The van der Waals surface area contributed by atoms with E-state index in [9.17, 15) is 4.79 Å². The van der Waals surface area contributed by atoms with Gasteiger partial charge in [0.05, 0.1) is 12.2 Å². The summed E-state index contributed by atoms with van der Waals surface area (Å²) in [6.45, 7) is 14.5. The molecule has 0 spiro atoms. The molecular formula is C16H32N2O2. The zero-order chi connectivity index (χ0) is 15.5. The minimum absolute atomic E-state index is 0.0411. The summed E-state index contributed by atoms with van der Waals surface area (Å²) in [6.07, 6.45) is 1.11. The first kappa shape index (κ1) is 17.4. The summed E-state index contributed by atoms with van der Waals surface area (Å²) in [5.41, 5.74) is 0.0758. The summed E-state index contributed by atoms with van der Waals surface area (Å²) in [7, 11) is 1.73. The van der Waals surface area contributed by atoms with Crippen molar-refractivity contribution in [3.8, 4) is 0 Å². The lowest BCUT2D eigenvalue weighted by Crippen LogP contribution is -2.46. The van der Waals surface area contributed by atoms with E-state index in [0.717, 1.165) is 19.6 Å². The molecule has 1 rings (SSSR count). The van der Waals surface area contributed by atoms with Gasteiger partial charge in [-0.05, 0) is 23.7 Å². The molecule has 1 aliphatic rings. The third-order valence-electron chi connectivity index (χ3n) is 4.11. The van der Waals surface area contributed by atoms with Gasteiger partial charge in [-0.1, -0.05) is 41.5 Å². The number of ether oxygens (including phenoxy) is 1. The molecule has 1 amide bonds. The number of rotatable bonds is 7. The fraction of sp³-hybridized carbons (Fsp3) is 0.938. The van der Waals surface area contributed by atoms with Gasteiger partial charge in [0.15, 0.2) is 0 Å². The van der Waals surface area contributed by atoms with E-state index in [2.05, 4.69) is 46.9 Å². The van der Waals surface area contributed by atoms with Crippen LogP contribution in [0.2, 0.25) is 0 Å². The van der Waals surface area contributed by atoms with E-state index in [4.69, 9.17) is 4.74 Å². The fourth-order valence-corrected chi connectivity index (χ4v) is 2.79. The second kappa shape index (κ2) is 6.90. The Morgan fingerprint density at radius 1 is 1.25 bits per heavy atom. The number of carbonyl (C=O) groups is 1. The number of nitrogens with one attached hydrogen (secondary N) is 1. The highest BCUT2D eigenvalue weighted by molar-refractivity contribution is 5.84. The van der Waals surface area contributed by atoms with Crippen LogP contribution < -0.4 is 5.32 Å². The van der Waals surface area contributed by atoms with Gasteiger partial charge in [0.1, 0.15) is 0 Å². The van der Waals surface area contributed by atoms with E-state index < -0.39 is 0 Å². The zero-order valence-electron chi connectivity index (χ0n) is 14.2. The molecule has 1 heterocycles. The molecule has 1 aliphatic heterocycles. The third-order valence-corrected chi connectivity index (χ3v) is 4.11. The van der Waals surface area contributed by atoms with Crippen LogP contribution in [0.3, 0.4) is 0 Å². The number of carbonyl (C=O) groups excluding carboxylic acids is 1. The Balaban J connectivity index is 2.81. The molecule has 2 unspecified atom stereocenters. The molecule has 20 heavy (non-hydrogen) atoms. The van der Waals surface area contributed by atoms with Gasteiger partial charge in [0.25, 0.3) is 0 Å². The average Bonchev–Trinajstić information content (AvgIpc) is 2.64.